The Bertz CT molecular complexity index is 685. The summed E-state index contributed by atoms with van der Waals surface area (Å²) in [4.78, 5) is 27.9. The van der Waals surface area contributed by atoms with E-state index in [9.17, 15) is 9.59 Å². The maximum atomic E-state index is 12.2. The molecule has 0 saturated heterocycles. The molecule has 0 aromatic carbocycles. The molecule has 7 nitrogen and oxygen atoms in total. The largest absolute Gasteiger partial charge is 0.383 e. The van der Waals surface area contributed by atoms with Crippen LogP contribution in [0.3, 0.4) is 0 Å². The number of hydrogen-bond acceptors (Lipinski definition) is 5. The Hall–Kier alpha value is -2.54. The summed E-state index contributed by atoms with van der Waals surface area (Å²) in [5.41, 5.74) is 0.809. The molecule has 2 rings (SSSR count). The van der Waals surface area contributed by atoms with Gasteiger partial charge in [0.25, 0.3) is 11.5 Å². The fraction of sp³-hybridized carbons (Fsp3) is 0.333. The summed E-state index contributed by atoms with van der Waals surface area (Å²) in [6.07, 6.45) is 3.36. The predicted octanol–water partition coefficient (Wildman–Crippen LogP) is 0.776. The van der Waals surface area contributed by atoms with Gasteiger partial charge in [0.05, 0.1) is 19.2 Å². The van der Waals surface area contributed by atoms with Crippen LogP contribution >= 0.6 is 0 Å². The molecule has 0 radical (unpaired) electrons. The third-order valence-electron chi connectivity index (χ3n) is 3.14. The zero-order valence-electron chi connectivity index (χ0n) is 12.5. The van der Waals surface area contributed by atoms with Crippen molar-refractivity contribution in [3.8, 4) is 0 Å². The number of amides is 1. The summed E-state index contributed by atoms with van der Waals surface area (Å²) in [6.45, 7) is 2.51. The van der Waals surface area contributed by atoms with E-state index in [2.05, 4.69) is 15.4 Å². The monoisotopic (exact) mass is 302 g/mol. The minimum absolute atomic E-state index is 0.187. The van der Waals surface area contributed by atoms with Gasteiger partial charge in [-0.2, -0.15) is 5.10 Å². The topological polar surface area (TPSA) is 86.1 Å². The number of nitrogens with one attached hydrogen (secondary N) is 1. The van der Waals surface area contributed by atoms with Crippen molar-refractivity contribution in [3.63, 3.8) is 0 Å². The van der Waals surface area contributed by atoms with Crippen LogP contribution in [0.4, 0.5) is 0 Å². The number of rotatable bonds is 6. The summed E-state index contributed by atoms with van der Waals surface area (Å²) in [7, 11) is 1.54. The molecule has 2 heterocycles. The Morgan fingerprint density at radius 1 is 1.41 bits per heavy atom. The number of nitrogens with zero attached hydrogens (tertiary/aromatic N) is 3. The van der Waals surface area contributed by atoms with Gasteiger partial charge >= 0.3 is 0 Å². The van der Waals surface area contributed by atoms with Gasteiger partial charge in [-0.3, -0.25) is 14.6 Å². The number of methoxy groups -OCH3 is 1. The summed E-state index contributed by atoms with van der Waals surface area (Å²) in [5, 5.41) is 6.88. The first kappa shape index (κ1) is 15.8. The van der Waals surface area contributed by atoms with E-state index in [1.165, 1.54) is 23.9 Å². The molecule has 0 spiro atoms. The van der Waals surface area contributed by atoms with E-state index in [0.29, 0.717) is 13.2 Å². The highest BCUT2D eigenvalue weighted by Gasteiger charge is 2.14. The van der Waals surface area contributed by atoms with Crippen LogP contribution in [0.15, 0.2) is 41.5 Å². The minimum Gasteiger partial charge on any atom is -0.383 e. The average Bonchev–Trinajstić information content (AvgIpc) is 2.54. The molecule has 0 bridgehead atoms. The van der Waals surface area contributed by atoms with Crippen molar-refractivity contribution in [3.05, 3.63) is 58.3 Å². The first-order chi connectivity index (χ1) is 10.6. The predicted molar refractivity (Wildman–Crippen MR) is 80.5 cm³/mol. The zero-order chi connectivity index (χ0) is 15.9. The number of pyridine rings is 1. The van der Waals surface area contributed by atoms with Crippen molar-refractivity contribution in [2.45, 2.75) is 19.5 Å². The minimum atomic E-state index is -0.345. The van der Waals surface area contributed by atoms with E-state index < -0.39 is 0 Å². The number of ether oxygens (including phenoxy) is 1. The van der Waals surface area contributed by atoms with Crippen LogP contribution in [0.25, 0.3) is 0 Å². The number of carbonyl (C=O) groups is 1. The molecule has 0 aliphatic heterocycles. The van der Waals surface area contributed by atoms with Gasteiger partial charge in [-0.05, 0) is 24.6 Å². The highest BCUT2D eigenvalue weighted by Crippen LogP contribution is 2.10. The summed E-state index contributed by atoms with van der Waals surface area (Å²) < 4.78 is 6.13. The maximum absolute atomic E-state index is 12.2. The van der Waals surface area contributed by atoms with Crippen LogP contribution in [0, 0.1) is 0 Å². The SMILES string of the molecule is COCCn1nc(C(=O)N[C@@H](C)c2cccnc2)ccc1=O. The van der Waals surface area contributed by atoms with Crippen molar-refractivity contribution >= 4 is 5.91 Å². The molecule has 22 heavy (non-hydrogen) atoms. The fourth-order valence-electron chi connectivity index (χ4n) is 1.89. The van der Waals surface area contributed by atoms with Gasteiger partial charge in [0.15, 0.2) is 0 Å². The summed E-state index contributed by atoms with van der Waals surface area (Å²) in [5.74, 6) is -0.345. The number of carbonyl (C=O) groups excluding carboxylic acids is 1. The van der Waals surface area contributed by atoms with E-state index in [4.69, 9.17) is 4.74 Å². The first-order valence-electron chi connectivity index (χ1n) is 6.89. The van der Waals surface area contributed by atoms with Gasteiger partial charge in [0.1, 0.15) is 5.69 Å². The van der Waals surface area contributed by atoms with Crippen molar-refractivity contribution < 1.29 is 9.53 Å². The lowest BCUT2D eigenvalue weighted by Gasteiger charge is -2.14. The zero-order valence-corrected chi connectivity index (χ0v) is 12.5. The third-order valence-corrected chi connectivity index (χ3v) is 3.14. The molecule has 2 aromatic heterocycles. The van der Waals surface area contributed by atoms with Crippen LogP contribution in [-0.2, 0) is 11.3 Å². The van der Waals surface area contributed by atoms with Crippen LogP contribution in [0.5, 0.6) is 0 Å². The van der Waals surface area contributed by atoms with Gasteiger partial charge in [-0.15, -0.1) is 0 Å². The van der Waals surface area contributed by atoms with E-state index >= 15 is 0 Å². The Balaban J connectivity index is 2.11. The molecule has 116 valence electrons. The molecule has 0 aliphatic rings. The smallest absolute Gasteiger partial charge is 0.272 e. The standard InChI is InChI=1S/C15H18N4O3/c1-11(12-4-3-7-16-10-12)17-15(21)13-5-6-14(20)19(18-13)8-9-22-2/h3-7,10-11H,8-9H2,1-2H3,(H,17,21)/t11-/m0/s1. The van der Waals surface area contributed by atoms with E-state index in [0.717, 1.165) is 5.56 Å². The van der Waals surface area contributed by atoms with Gasteiger partial charge in [-0.25, -0.2) is 4.68 Å². The molecule has 0 unspecified atom stereocenters. The Morgan fingerprint density at radius 3 is 2.91 bits per heavy atom. The molecule has 0 aliphatic carbocycles. The molecular weight excluding hydrogens is 284 g/mol. The number of hydrogen-bond donors (Lipinski definition) is 1. The second-order valence-electron chi connectivity index (χ2n) is 4.75. The molecule has 1 atom stereocenters. The van der Waals surface area contributed by atoms with Crippen molar-refractivity contribution in [2.75, 3.05) is 13.7 Å². The highest BCUT2D eigenvalue weighted by molar-refractivity contribution is 5.92. The van der Waals surface area contributed by atoms with Crippen molar-refractivity contribution in [1.82, 2.24) is 20.1 Å². The van der Waals surface area contributed by atoms with E-state index in [1.54, 1.807) is 18.5 Å². The van der Waals surface area contributed by atoms with Crippen LogP contribution in [0.1, 0.15) is 29.0 Å². The second kappa shape index (κ2) is 7.46. The van der Waals surface area contributed by atoms with Crippen LogP contribution in [-0.4, -0.2) is 34.4 Å². The molecule has 7 heteroatoms. The second-order valence-corrected chi connectivity index (χ2v) is 4.75. The molecule has 0 saturated carbocycles. The van der Waals surface area contributed by atoms with Crippen LogP contribution in [0.2, 0.25) is 0 Å². The summed E-state index contributed by atoms with van der Waals surface area (Å²) >= 11 is 0. The quantitative estimate of drug-likeness (QED) is 0.852. The Morgan fingerprint density at radius 2 is 2.23 bits per heavy atom. The summed E-state index contributed by atoms with van der Waals surface area (Å²) in [6, 6.07) is 6.22. The number of aromatic nitrogens is 3. The fourth-order valence-corrected chi connectivity index (χ4v) is 1.89. The molecule has 0 fully saturated rings. The highest BCUT2D eigenvalue weighted by atomic mass is 16.5. The van der Waals surface area contributed by atoms with Gasteiger partial charge in [-0.1, -0.05) is 6.07 Å². The van der Waals surface area contributed by atoms with Gasteiger partial charge < -0.3 is 10.1 Å². The molecular formula is C15H18N4O3. The Labute approximate surface area is 128 Å². The van der Waals surface area contributed by atoms with Gasteiger partial charge in [0, 0.05) is 25.6 Å². The lowest BCUT2D eigenvalue weighted by atomic mass is 10.1. The van der Waals surface area contributed by atoms with Crippen molar-refractivity contribution in [2.24, 2.45) is 0 Å². The van der Waals surface area contributed by atoms with E-state index in [1.807, 2.05) is 13.0 Å². The lowest BCUT2D eigenvalue weighted by molar-refractivity contribution is 0.0931. The lowest BCUT2D eigenvalue weighted by Crippen LogP contribution is -2.31. The normalized spacial score (nSPS) is 11.9. The Kier molecular flexibility index (Phi) is 5.37. The van der Waals surface area contributed by atoms with Gasteiger partial charge in [0.2, 0.25) is 0 Å². The molecule has 1 N–H and O–H groups in total. The third kappa shape index (κ3) is 3.98. The maximum Gasteiger partial charge on any atom is 0.272 e. The molecule has 1 amide bonds. The van der Waals surface area contributed by atoms with Crippen LogP contribution < -0.4 is 10.9 Å². The molecule has 2 aromatic rings. The average molecular weight is 302 g/mol. The first-order valence-corrected chi connectivity index (χ1v) is 6.89. The van der Waals surface area contributed by atoms with E-state index in [-0.39, 0.29) is 23.2 Å². The van der Waals surface area contributed by atoms with Crippen molar-refractivity contribution in [1.29, 1.82) is 0 Å².